The summed E-state index contributed by atoms with van der Waals surface area (Å²) in [5, 5.41) is 0.927. The Morgan fingerprint density at radius 2 is 1.88 bits per heavy atom. The number of halogens is 1. The van der Waals surface area contributed by atoms with Crippen LogP contribution in [-0.4, -0.2) is 15.7 Å². The van der Waals surface area contributed by atoms with Crippen molar-refractivity contribution in [1.82, 2.24) is 9.97 Å². The first-order valence-corrected chi connectivity index (χ1v) is 8.78. The predicted octanol–water partition coefficient (Wildman–Crippen LogP) is 5.09. The van der Waals surface area contributed by atoms with Crippen LogP contribution in [-0.2, 0) is 6.42 Å². The second-order valence-corrected chi connectivity index (χ2v) is 6.72. The Hall–Kier alpha value is -2.40. The predicted molar refractivity (Wildman–Crippen MR) is 93.1 cm³/mol. The van der Waals surface area contributed by atoms with Crippen molar-refractivity contribution in [2.45, 2.75) is 18.4 Å². The number of hydrogen-bond donors (Lipinski definition) is 0. The summed E-state index contributed by atoms with van der Waals surface area (Å²) in [4.78, 5) is 9.28. The molecule has 0 amide bonds. The van der Waals surface area contributed by atoms with E-state index < -0.39 is 0 Å². The highest BCUT2D eigenvalue weighted by atomic mass is 32.2. The first-order valence-electron chi connectivity index (χ1n) is 7.80. The third kappa shape index (κ3) is 2.76. The molecule has 0 fully saturated rings. The fourth-order valence-electron chi connectivity index (χ4n) is 2.71. The fourth-order valence-corrected chi connectivity index (χ4v) is 3.47. The lowest BCUT2D eigenvalue weighted by Gasteiger charge is -2.21. The molecule has 1 aromatic heterocycles. The van der Waals surface area contributed by atoms with E-state index in [1.807, 2.05) is 18.2 Å². The molecule has 0 saturated heterocycles. The van der Waals surface area contributed by atoms with Crippen LogP contribution in [0.2, 0.25) is 0 Å². The van der Waals surface area contributed by atoms with E-state index in [0.717, 1.165) is 39.6 Å². The number of nitrogens with zero attached hydrogens (tertiary/aromatic N) is 2. The van der Waals surface area contributed by atoms with E-state index in [1.165, 1.54) is 12.1 Å². The van der Waals surface area contributed by atoms with Gasteiger partial charge in [0.1, 0.15) is 16.6 Å². The Bertz CT molecular complexity index is 896. The summed E-state index contributed by atoms with van der Waals surface area (Å²) in [5.41, 5.74) is 2.94. The monoisotopic (exact) mass is 338 g/mol. The lowest BCUT2D eigenvalue weighted by molar-refractivity contribution is 0.435. The number of aromatic nitrogens is 2. The molecule has 0 spiro atoms. The fraction of sp³-hybridized carbons (Fsp3) is 0.158. The van der Waals surface area contributed by atoms with E-state index in [-0.39, 0.29) is 5.82 Å². The first kappa shape index (κ1) is 15.1. The van der Waals surface area contributed by atoms with Gasteiger partial charge in [0.15, 0.2) is 5.82 Å². The third-order valence-electron chi connectivity index (χ3n) is 3.86. The molecule has 3 aromatic rings. The van der Waals surface area contributed by atoms with Crippen LogP contribution in [0.3, 0.4) is 0 Å². The maximum absolute atomic E-state index is 13.2. The number of para-hydroxylation sites is 1. The molecule has 3 nitrogen and oxygen atoms in total. The van der Waals surface area contributed by atoms with Gasteiger partial charge in [-0.15, -0.1) is 11.8 Å². The van der Waals surface area contributed by atoms with Crippen molar-refractivity contribution in [3.8, 4) is 23.0 Å². The summed E-state index contributed by atoms with van der Waals surface area (Å²) in [6.07, 6.45) is 0.761. The van der Waals surface area contributed by atoms with Crippen molar-refractivity contribution < 1.29 is 9.13 Å². The molecule has 24 heavy (non-hydrogen) atoms. The number of ether oxygens (including phenoxy) is 1. The number of fused-ring (bicyclic) bond motifs is 2. The quantitative estimate of drug-likeness (QED) is 0.385. The maximum Gasteiger partial charge on any atom is 0.227 e. The Kier molecular flexibility index (Phi) is 3.94. The molecule has 4 rings (SSSR count). The van der Waals surface area contributed by atoms with Crippen molar-refractivity contribution >= 4 is 11.8 Å². The van der Waals surface area contributed by atoms with Crippen LogP contribution in [0.4, 0.5) is 4.39 Å². The minimum Gasteiger partial charge on any atom is -0.438 e. The Morgan fingerprint density at radius 3 is 2.67 bits per heavy atom. The van der Waals surface area contributed by atoms with Crippen molar-refractivity contribution in [2.75, 3.05) is 5.75 Å². The van der Waals surface area contributed by atoms with Crippen LogP contribution in [0.5, 0.6) is 11.6 Å². The summed E-state index contributed by atoms with van der Waals surface area (Å²) < 4.78 is 19.2. The zero-order valence-electron chi connectivity index (χ0n) is 13.1. The van der Waals surface area contributed by atoms with Gasteiger partial charge in [-0.05, 0) is 41.6 Å². The summed E-state index contributed by atoms with van der Waals surface area (Å²) in [6.45, 7) is 2.09. The van der Waals surface area contributed by atoms with E-state index in [1.54, 1.807) is 23.9 Å². The number of hydrogen-bond acceptors (Lipinski definition) is 4. The molecule has 0 bridgehead atoms. The average Bonchev–Trinajstić information content (AvgIpc) is 2.61. The van der Waals surface area contributed by atoms with E-state index in [2.05, 4.69) is 18.0 Å². The molecule has 0 radical (unpaired) electrons. The first-order chi connectivity index (χ1) is 11.7. The van der Waals surface area contributed by atoms with E-state index in [9.17, 15) is 4.39 Å². The van der Waals surface area contributed by atoms with Gasteiger partial charge in [-0.3, -0.25) is 0 Å². The lowest BCUT2D eigenvalue weighted by Crippen LogP contribution is -2.09. The molecule has 0 unspecified atom stereocenters. The zero-order valence-corrected chi connectivity index (χ0v) is 13.9. The second kappa shape index (κ2) is 6.24. The van der Waals surface area contributed by atoms with Gasteiger partial charge in [-0.2, -0.15) is 4.98 Å². The van der Waals surface area contributed by atoms with Gasteiger partial charge < -0.3 is 4.74 Å². The van der Waals surface area contributed by atoms with Gasteiger partial charge in [0.2, 0.25) is 5.88 Å². The third-order valence-corrected chi connectivity index (χ3v) is 4.76. The summed E-state index contributed by atoms with van der Waals surface area (Å²) in [5.74, 6) is 2.63. The van der Waals surface area contributed by atoms with Crippen LogP contribution >= 0.6 is 11.8 Å². The highest BCUT2D eigenvalue weighted by molar-refractivity contribution is 7.99. The lowest BCUT2D eigenvalue weighted by atomic mass is 10.0. The summed E-state index contributed by atoms with van der Waals surface area (Å²) in [6, 6.07) is 14.2. The number of rotatable bonds is 3. The van der Waals surface area contributed by atoms with Gasteiger partial charge in [0.05, 0.1) is 5.56 Å². The molecule has 5 heteroatoms. The van der Waals surface area contributed by atoms with Gasteiger partial charge in [0.25, 0.3) is 0 Å². The van der Waals surface area contributed by atoms with Crippen LogP contribution < -0.4 is 4.74 Å². The highest BCUT2D eigenvalue weighted by Crippen LogP contribution is 2.40. The van der Waals surface area contributed by atoms with Crippen molar-refractivity contribution in [3.63, 3.8) is 0 Å². The molecule has 2 heterocycles. The topological polar surface area (TPSA) is 35.0 Å². The molecule has 0 saturated carbocycles. The average molecular weight is 338 g/mol. The minimum atomic E-state index is -0.273. The van der Waals surface area contributed by atoms with Crippen LogP contribution in [0.1, 0.15) is 18.1 Å². The second-order valence-electron chi connectivity index (χ2n) is 5.46. The van der Waals surface area contributed by atoms with E-state index in [4.69, 9.17) is 9.72 Å². The van der Waals surface area contributed by atoms with Crippen molar-refractivity contribution in [3.05, 3.63) is 65.5 Å². The molecule has 0 N–H and O–H groups in total. The minimum absolute atomic E-state index is 0.273. The van der Waals surface area contributed by atoms with Crippen LogP contribution in [0.25, 0.3) is 11.4 Å². The van der Waals surface area contributed by atoms with Crippen molar-refractivity contribution in [2.24, 2.45) is 0 Å². The van der Waals surface area contributed by atoms with Gasteiger partial charge >= 0.3 is 0 Å². The van der Waals surface area contributed by atoms with E-state index >= 15 is 0 Å². The molecular weight excluding hydrogens is 323 g/mol. The van der Waals surface area contributed by atoms with Crippen LogP contribution in [0, 0.1) is 5.82 Å². The Balaban J connectivity index is 1.82. The van der Waals surface area contributed by atoms with Gasteiger partial charge in [-0.1, -0.05) is 25.1 Å². The molecular formula is C19H15FN2OS. The summed E-state index contributed by atoms with van der Waals surface area (Å²) in [7, 11) is 0. The van der Waals surface area contributed by atoms with E-state index in [0.29, 0.717) is 11.7 Å². The Morgan fingerprint density at radius 1 is 1.08 bits per heavy atom. The number of benzene rings is 2. The van der Waals surface area contributed by atoms with Gasteiger partial charge in [0, 0.05) is 12.0 Å². The zero-order chi connectivity index (χ0) is 16.5. The van der Waals surface area contributed by atoms with Gasteiger partial charge in [-0.25, -0.2) is 9.37 Å². The Labute approximate surface area is 143 Å². The molecule has 1 aliphatic rings. The molecule has 1 aliphatic heterocycles. The smallest absolute Gasteiger partial charge is 0.227 e. The normalized spacial score (nSPS) is 12.2. The highest BCUT2D eigenvalue weighted by Gasteiger charge is 2.23. The largest absolute Gasteiger partial charge is 0.438 e. The summed E-state index contributed by atoms with van der Waals surface area (Å²) >= 11 is 1.67. The molecule has 120 valence electrons. The standard InChI is InChI=1S/C19H15FN2OS/c1-2-24-19-15-11-13-5-3-4-6-16(13)23-18(15)21-17(22-19)12-7-9-14(20)10-8-12/h3-10H,2,11H2,1H3. The molecule has 2 aromatic carbocycles. The maximum atomic E-state index is 13.2. The SMILES string of the molecule is CCSc1nc(-c2ccc(F)cc2)nc2c1Cc1ccccc1O2. The number of thioether (sulfide) groups is 1. The van der Waals surface area contributed by atoms with Crippen LogP contribution in [0.15, 0.2) is 53.6 Å². The molecule has 0 aliphatic carbocycles. The van der Waals surface area contributed by atoms with Crippen molar-refractivity contribution in [1.29, 1.82) is 0 Å². The molecule has 0 atom stereocenters.